The third-order valence-corrected chi connectivity index (χ3v) is 4.17. The van der Waals surface area contributed by atoms with Crippen molar-refractivity contribution in [2.24, 2.45) is 0 Å². The zero-order chi connectivity index (χ0) is 16.5. The standard InChI is InChI=1S/C13H9Cl2NO5S/c1-22(19,20)11-2-3-13(12(7-11)16(17)18)21-10-5-8(14)4-9(15)6-10/h2-7H,1H3. The van der Waals surface area contributed by atoms with Crippen LogP contribution in [0, 0.1) is 10.1 Å². The summed E-state index contributed by atoms with van der Waals surface area (Å²) in [5.74, 6) is 0.0865. The molecule has 0 N–H and O–H groups in total. The van der Waals surface area contributed by atoms with Gasteiger partial charge in [-0.2, -0.15) is 0 Å². The topological polar surface area (TPSA) is 86.5 Å². The first-order valence-corrected chi connectivity index (χ1v) is 8.44. The van der Waals surface area contributed by atoms with E-state index in [0.29, 0.717) is 10.0 Å². The van der Waals surface area contributed by atoms with Crippen molar-refractivity contribution in [2.45, 2.75) is 4.90 Å². The van der Waals surface area contributed by atoms with Gasteiger partial charge in [0.2, 0.25) is 5.75 Å². The molecule has 0 aromatic heterocycles. The van der Waals surface area contributed by atoms with Gasteiger partial charge in [0, 0.05) is 22.4 Å². The summed E-state index contributed by atoms with van der Waals surface area (Å²) in [7, 11) is -3.56. The first-order valence-electron chi connectivity index (χ1n) is 5.79. The molecule has 0 saturated heterocycles. The fraction of sp³-hybridized carbons (Fsp3) is 0.0769. The number of nitrogens with zero attached hydrogens (tertiary/aromatic N) is 1. The van der Waals surface area contributed by atoms with Gasteiger partial charge in [0.15, 0.2) is 9.84 Å². The number of nitro groups is 1. The number of hydrogen-bond acceptors (Lipinski definition) is 5. The fourth-order valence-corrected chi connectivity index (χ4v) is 2.82. The normalized spacial score (nSPS) is 11.2. The molecule has 6 nitrogen and oxygen atoms in total. The lowest BCUT2D eigenvalue weighted by atomic mass is 10.3. The van der Waals surface area contributed by atoms with E-state index in [0.717, 1.165) is 12.3 Å². The Bertz CT molecular complexity index is 831. The number of halogens is 2. The lowest BCUT2D eigenvalue weighted by molar-refractivity contribution is -0.385. The Labute approximate surface area is 136 Å². The van der Waals surface area contributed by atoms with E-state index in [2.05, 4.69) is 0 Å². The molecule has 0 fully saturated rings. The monoisotopic (exact) mass is 361 g/mol. The van der Waals surface area contributed by atoms with Gasteiger partial charge < -0.3 is 4.74 Å². The van der Waals surface area contributed by atoms with Crippen LogP contribution in [0.3, 0.4) is 0 Å². The molecule has 0 unspecified atom stereocenters. The predicted octanol–water partition coefficient (Wildman–Crippen LogP) is 4.10. The van der Waals surface area contributed by atoms with Gasteiger partial charge in [-0.3, -0.25) is 10.1 Å². The molecule has 0 saturated carbocycles. The van der Waals surface area contributed by atoms with Crippen molar-refractivity contribution in [3.05, 3.63) is 56.6 Å². The highest BCUT2D eigenvalue weighted by Gasteiger charge is 2.20. The molecular formula is C13H9Cl2NO5S. The van der Waals surface area contributed by atoms with E-state index in [1.165, 1.54) is 30.3 Å². The minimum Gasteiger partial charge on any atom is -0.450 e. The van der Waals surface area contributed by atoms with E-state index in [1.54, 1.807) is 0 Å². The number of hydrogen-bond donors (Lipinski definition) is 0. The minimum atomic E-state index is -3.56. The molecular weight excluding hydrogens is 353 g/mol. The summed E-state index contributed by atoms with van der Waals surface area (Å²) in [6.07, 6.45) is 0.962. The second kappa shape index (κ2) is 6.12. The van der Waals surface area contributed by atoms with E-state index in [4.69, 9.17) is 27.9 Å². The SMILES string of the molecule is CS(=O)(=O)c1ccc(Oc2cc(Cl)cc(Cl)c2)c([N+](=O)[O-])c1. The van der Waals surface area contributed by atoms with Crippen LogP contribution in [0.25, 0.3) is 0 Å². The quantitative estimate of drug-likeness (QED) is 0.604. The summed E-state index contributed by atoms with van der Waals surface area (Å²) < 4.78 is 28.3. The van der Waals surface area contributed by atoms with Crippen LogP contribution >= 0.6 is 23.2 Å². The molecule has 0 atom stereocenters. The zero-order valence-electron chi connectivity index (χ0n) is 11.1. The first kappa shape index (κ1) is 16.5. The maximum absolute atomic E-state index is 11.5. The highest BCUT2D eigenvalue weighted by atomic mass is 35.5. The lowest BCUT2D eigenvalue weighted by Crippen LogP contribution is -2.00. The number of sulfone groups is 1. The van der Waals surface area contributed by atoms with Crippen molar-refractivity contribution in [1.82, 2.24) is 0 Å². The molecule has 9 heteroatoms. The third-order valence-electron chi connectivity index (χ3n) is 2.62. The molecule has 0 spiro atoms. The van der Waals surface area contributed by atoms with Crippen LogP contribution < -0.4 is 4.74 Å². The van der Waals surface area contributed by atoms with Crippen molar-refractivity contribution >= 4 is 38.7 Å². The number of ether oxygens (including phenoxy) is 1. The number of benzene rings is 2. The van der Waals surface area contributed by atoms with Crippen LogP contribution in [0.15, 0.2) is 41.3 Å². The van der Waals surface area contributed by atoms with Crippen LogP contribution in [0.5, 0.6) is 11.5 Å². The Morgan fingerprint density at radius 3 is 2.18 bits per heavy atom. The molecule has 2 aromatic rings. The average molecular weight is 362 g/mol. The zero-order valence-corrected chi connectivity index (χ0v) is 13.4. The first-order chi connectivity index (χ1) is 10.2. The molecule has 22 heavy (non-hydrogen) atoms. The Morgan fingerprint density at radius 1 is 1.09 bits per heavy atom. The van der Waals surface area contributed by atoms with Gasteiger partial charge >= 0.3 is 5.69 Å². The lowest BCUT2D eigenvalue weighted by Gasteiger charge is -2.08. The average Bonchev–Trinajstić information content (AvgIpc) is 2.36. The summed E-state index contributed by atoms with van der Waals surface area (Å²) >= 11 is 11.7. The predicted molar refractivity (Wildman–Crippen MR) is 82.7 cm³/mol. The van der Waals surface area contributed by atoms with Gasteiger partial charge in [0.05, 0.1) is 9.82 Å². The largest absolute Gasteiger partial charge is 0.450 e. The summed E-state index contributed by atoms with van der Waals surface area (Å²) in [5, 5.41) is 11.7. The second-order valence-corrected chi connectivity index (χ2v) is 7.25. The molecule has 0 aliphatic carbocycles. The molecule has 2 rings (SSSR count). The van der Waals surface area contributed by atoms with Crippen molar-refractivity contribution < 1.29 is 18.1 Å². The molecule has 0 radical (unpaired) electrons. The Morgan fingerprint density at radius 2 is 1.68 bits per heavy atom. The van der Waals surface area contributed by atoms with Gasteiger partial charge in [-0.1, -0.05) is 23.2 Å². The summed E-state index contributed by atoms with van der Waals surface area (Å²) in [5.41, 5.74) is -0.473. The highest BCUT2D eigenvalue weighted by molar-refractivity contribution is 7.90. The fourth-order valence-electron chi connectivity index (χ4n) is 1.67. The van der Waals surface area contributed by atoms with Gasteiger partial charge in [-0.05, 0) is 30.3 Å². The van der Waals surface area contributed by atoms with Crippen molar-refractivity contribution in [3.8, 4) is 11.5 Å². The molecule has 0 heterocycles. The summed E-state index contributed by atoms with van der Waals surface area (Å²) in [4.78, 5) is 10.2. The van der Waals surface area contributed by atoms with E-state index in [1.807, 2.05) is 0 Å². The van der Waals surface area contributed by atoms with Crippen LogP contribution in [0.1, 0.15) is 0 Å². The van der Waals surface area contributed by atoms with Crippen molar-refractivity contribution in [1.29, 1.82) is 0 Å². The number of rotatable bonds is 4. The minimum absolute atomic E-state index is 0.115. The third kappa shape index (κ3) is 3.88. The van der Waals surface area contributed by atoms with Crippen molar-refractivity contribution in [2.75, 3.05) is 6.26 Å². The molecule has 2 aromatic carbocycles. The van der Waals surface area contributed by atoms with E-state index >= 15 is 0 Å². The maximum Gasteiger partial charge on any atom is 0.312 e. The van der Waals surface area contributed by atoms with E-state index in [-0.39, 0.29) is 16.4 Å². The van der Waals surface area contributed by atoms with Gasteiger partial charge in [0.25, 0.3) is 0 Å². The van der Waals surface area contributed by atoms with Crippen LogP contribution in [-0.2, 0) is 9.84 Å². The summed E-state index contributed by atoms with van der Waals surface area (Å²) in [6.45, 7) is 0. The summed E-state index contributed by atoms with van der Waals surface area (Å²) in [6, 6.07) is 7.73. The van der Waals surface area contributed by atoms with Crippen LogP contribution in [0.4, 0.5) is 5.69 Å². The van der Waals surface area contributed by atoms with Gasteiger partial charge in [-0.25, -0.2) is 8.42 Å². The van der Waals surface area contributed by atoms with Gasteiger partial charge in [0.1, 0.15) is 5.75 Å². The molecule has 0 amide bonds. The Hall–Kier alpha value is -1.83. The van der Waals surface area contributed by atoms with E-state index < -0.39 is 20.4 Å². The van der Waals surface area contributed by atoms with Gasteiger partial charge in [-0.15, -0.1) is 0 Å². The molecule has 116 valence electrons. The van der Waals surface area contributed by atoms with Crippen LogP contribution in [0.2, 0.25) is 10.0 Å². The highest BCUT2D eigenvalue weighted by Crippen LogP contribution is 2.35. The second-order valence-electron chi connectivity index (χ2n) is 4.37. The molecule has 0 bridgehead atoms. The molecule has 0 aliphatic heterocycles. The molecule has 0 aliphatic rings. The van der Waals surface area contributed by atoms with Crippen LogP contribution in [-0.4, -0.2) is 19.6 Å². The Kier molecular flexibility index (Phi) is 4.60. The van der Waals surface area contributed by atoms with E-state index in [9.17, 15) is 18.5 Å². The Balaban J connectivity index is 2.49. The van der Waals surface area contributed by atoms with Crippen molar-refractivity contribution in [3.63, 3.8) is 0 Å². The smallest absolute Gasteiger partial charge is 0.312 e. The maximum atomic E-state index is 11.5. The number of nitro benzene ring substituents is 1.